The molecule has 6 nitrogen and oxygen atoms in total. The second kappa shape index (κ2) is 6.68. The molecule has 1 saturated heterocycles. The zero-order chi connectivity index (χ0) is 13.7. The van der Waals surface area contributed by atoms with Gasteiger partial charge in [0.05, 0.1) is 12.6 Å². The Bertz CT molecular complexity index is 383. The second-order valence-electron chi connectivity index (χ2n) is 4.62. The number of hydrogen-bond acceptors (Lipinski definition) is 6. The fraction of sp³-hybridized carbons (Fsp3) is 0.692. The van der Waals surface area contributed by atoms with Gasteiger partial charge in [-0.3, -0.25) is 0 Å². The van der Waals surface area contributed by atoms with Crippen LogP contribution in [0.15, 0.2) is 6.07 Å². The van der Waals surface area contributed by atoms with Gasteiger partial charge in [0.1, 0.15) is 18.2 Å². The van der Waals surface area contributed by atoms with E-state index in [1.807, 2.05) is 20.0 Å². The molecule has 0 bridgehead atoms. The standard InChI is InChI=1S/C13H22N4O2/c1-4-14-11-7-13(16-12(15-11)9-18-3)17(2)10-5-6-19-8-10/h7,10H,4-6,8-9H2,1-3H3,(H,14,15,16). The SMILES string of the molecule is CCNc1cc(N(C)C2CCOC2)nc(COC)n1. The predicted octanol–water partition coefficient (Wildman–Crippen LogP) is 1.28. The molecule has 6 heteroatoms. The number of ether oxygens (including phenoxy) is 2. The highest BCUT2D eigenvalue weighted by atomic mass is 16.5. The van der Waals surface area contributed by atoms with Crippen molar-refractivity contribution >= 4 is 11.6 Å². The zero-order valence-electron chi connectivity index (χ0n) is 11.8. The topological polar surface area (TPSA) is 59.5 Å². The van der Waals surface area contributed by atoms with Crippen LogP contribution in [0.1, 0.15) is 19.2 Å². The van der Waals surface area contributed by atoms with Crippen molar-refractivity contribution in [3.8, 4) is 0 Å². The Morgan fingerprint density at radius 3 is 3.00 bits per heavy atom. The molecule has 1 N–H and O–H groups in total. The van der Waals surface area contributed by atoms with Crippen LogP contribution in [0.2, 0.25) is 0 Å². The first-order chi connectivity index (χ1) is 9.24. The predicted molar refractivity (Wildman–Crippen MR) is 74.5 cm³/mol. The molecule has 1 fully saturated rings. The molecule has 19 heavy (non-hydrogen) atoms. The lowest BCUT2D eigenvalue weighted by Gasteiger charge is -2.25. The highest BCUT2D eigenvalue weighted by Crippen LogP contribution is 2.21. The van der Waals surface area contributed by atoms with E-state index < -0.39 is 0 Å². The molecular formula is C13H22N4O2. The normalized spacial score (nSPS) is 18.6. The summed E-state index contributed by atoms with van der Waals surface area (Å²) in [5.41, 5.74) is 0. The summed E-state index contributed by atoms with van der Waals surface area (Å²) in [5, 5.41) is 3.23. The molecule has 0 amide bonds. The van der Waals surface area contributed by atoms with Crippen molar-refractivity contribution in [2.75, 3.05) is 44.1 Å². The quantitative estimate of drug-likeness (QED) is 0.837. The Labute approximate surface area is 114 Å². The van der Waals surface area contributed by atoms with Crippen LogP contribution >= 0.6 is 0 Å². The molecule has 2 rings (SSSR count). The zero-order valence-corrected chi connectivity index (χ0v) is 11.8. The number of rotatable bonds is 6. The molecule has 2 heterocycles. The Hall–Kier alpha value is -1.40. The average molecular weight is 266 g/mol. The van der Waals surface area contributed by atoms with E-state index in [1.165, 1.54) is 0 Å². The molecule has 0 aliphatic carbocycles. The molecular weight excluding hydrogens is 244 g/mol. The largest absolute Gasteiger partial charge is 0.379 e. The number of nitrogens with zero attached hydrogens (tertiary/aromatic N) is 3. The molecule has 0 saturated carbocycles. The molecule has 0 spiro atoms. The molecule has 0 aromatic carbocycles. The number of aromatic nitrogens is 2. The van der Waals surface area contributed by atoms with Crippen LogP contribution < -0.4 is 10.2 Å². The minimum Gasteiger partial charge on any atom is -0.379 e. The molecule has 1 aliphatic rings. The highest BCUT2D eigenvalue weighted by molar-refractivity contribution is 5.49. The lowest BCUT2D eigenvalue weighted by Crippen LogP contribution is -2.32. The van der Waals surface area contributed by atoms with Gasteiger partial charge in [0.2, 0.25) is 0 Å². The van der Waals surface area contributed by atoms with Crippen LogP contribution in [-0.2, 0) is 16.1 Å². The van der Waals surface area contributed by atoms with Crippen LogP contribution in [0.5, 0.6) is 0 Å². The van der Waals surface area contributed by atoms with Gasteiger partial charge >= 0.3 is 0 Å². The summed E-state index contributed by atoms with van der Waals surface area (Å²) in [6.07, 6.45) is 1.04. The van der Waals surface area contributed by atoms with Gasteiger partial charge in [0.15, 0.2) is 5.82 Å². The third-order valence-electron chi connectivity index (χ3n) is 3.21. The maximum Gasteiger partial charge on any atom is 0.158 e. The summed E-state index contributed by atoms with van der Waals surface area (Å²) in [5.74, 6) is 2.44. The van der Waals surface area contributed by atoms with Gasteiger partial charge in [-0.2, -0.15) is 0 Å². The van der Waals surface area contributed by atoms with Gasteiger partial charge in [-0.1, -0.05) is 0 Å². The minimum absolute atomic E-state index is 0.389. The number of methoxy groups -OCH3 is 1. The van der Waals surface area contributed by atoms with Gasteiger partial charge in [-0.05, 0) is 13.3 Å². The summed E-state index contributed by atoms with van der Waals surface area (Å²) >= 11 is 0. The monoisotopic (exact) mass is 266 g/mol. The number of anilines is 2. The fourth-order valence-electron chi connectivity index (χ4n) is 2.14. The van der Waals surface area contributed by atoms with E-state index in [0.29, 0.717) is 18.5 Å². The smallest absolute Gasteiger partial charge is 0.158 e. The van der Waals surface area contributed by atoms with E-state index in [4.69, 9.17) is 9.47 Å². The first-order valence-corrected chi connectivity index (χ1v) is 6.66. The van der Waals surface area contributed by atoms with Gasteiger partial charge in [0.25, 0.3) is 0 Å². The number of nitrogens with one attached hydrogen (secondary N) is 1. The van der Waals surface area contributed by atoms with Crippen molar-refractivity contribution in [1.29, 1.82) is 0 Å². The van der Waals surface area contributed by atoms with Crippen molar-refractivity contribution in [2.24, 2.45) is 0 Å². The summed E-state index contributed by atoms with van der Waals surface area (Å²) in [6, 6.07) is 2.36. The lowest BCUT2D eigenvalue weighted by atomic mass is 10.2. The summed E-state index contributed by atoms with van der Waals surface area (Å²) in [6.45, 7) is 4.88. The first kappa shape index (κ1) is 14.0. The van der Waals surface area contributed by atoms with Crippen LogP contribution in [0.25, 0.3) is 0 Å². The Kier molecular flexibility index (Phi) is 4.93. The molecule has 1 unspecified atom stereocenters. The second-order valence-corrected chi connectivity index (χ2v) is 4.62. The van der Waals surface area contributed by atoms with E-state index in [1.54, 1.807) is 7.11 Å². The number of hydrogen-bond donors (Lipinski definition) is 1. The van der Waals surface area contributed by atoms with Gasteiger partial charge < -0.3 is 19.7 Å². The highest BCUT2D eigenvalue weighted by Gasteiger charge is 2.22. The summed E-state index contributed by atoms with van der Waals surface area (Å²) < 4.78 is 10.6. The van der Waals surface area contributed by atoms with Crippen molar-refractivity contribution in [3.05, 3.63) is 11.9 Å². The van der Waals surface area contributed by atoms with Crippen molar-refractivity contribution in [3.63, 3.8) is 0 Å². The molecule has 1 aromatic heterocycles. The van der Waals surface area contributed by atoms with Crippen molar-refractivity contribution < 1.29 is 9.47 Å². The van der Waals surface area contributed by atoms with Crippen LogP contribution in [0.3, 0.4) is 0 Å². The first-order valence-electron chi connectivity index (χ1n) is 6.66. The van der Waals surface area contributed by atoms with Crippen molar-refractivity contribution in [2.45, 2.75) is 26.0 Å². The minimum atomic E-state index is 0.389. The van der Waals surface area contributed by atoms with Crippen molar-refractivity contribution in [1.82, 2.24) is 9.97 Å². The van der Waals surface area contributed by atoms with Crippen LogP contribution in [-0.4, -0.2) is 49.9 Å². The third kappa shape index (κ3) is 3.54. The summed E-state index contributed by atoms with van der Waals surface area (Å²) in [4.78, 5) is 11.1. The molecule has 0 radical (unpaired) electrons. The molecule has 106 valence electrons. The Morgan fingerprint density at radius 1 is 1.53 bits per heavy atom. The average Bonchev–Trinajstić information content (AvgIpc) is 2.92. The molecule has 1 aromatic rings. The lowest BCUT2D eigenvalue weighted by molar-refractivity contribution is 0.178. The molecule has 1 aliphatic heterocycles. The van der Waals surface area contributed by atoms with Gasteiger partial charge in [-0.15, -0.1) is 0 Å². The van der Waals surface area contributed by atoms with Gasteiger partial charge in [0, 0.05) is 33.4 Å². The maximum atomic E-state index is 5.43. The van der Waals surface area contributed by atoms with Gasteiger partial charge in [-0.25, -0.2) is 9.97 Å². The maximum absolute atomic E-state index is 5.43. The van der Waals surface area contributed by atoms with Crippen LogP contribution in [0, 0.1) is 0 Å². The Balaban J connectivity index is 2.21. The van der Waals surface area contributed by atoms with E-state index >= 15 is 0 Å². The van der Waals surface area contributed by atoms with E-state index in [9.17, 15) is 0 Å². The Morgan fingerprint density at radius 2 is 2.37 bits per heavy atom. The third-order valence-corrected chi connectivity index (χ3v) is 3.21. The van der Waals surface area contributed by atoms with E-state index in [2.05, 4.69) is 20.2 Å². The van der Waals surface area contributed by atoms with E-state index in [-0.39, 0.29) is 0 Å². The molecule has 1 atom stereocenters. The van der Waals surface area contributed by atoms with Crippen LogP contribution in [0.4, 0.5) is 11.6 Å². The van der Waals surface area contributed by atoms with E-state index in [0.717, 1.165) is 37.8 Å². The fourth-order valence-corrected chi connectivity index (χ4v) is 2.14. The summed E-state index contributed by atoms with van der Waals surface area (Å²) in [7, 11) is 3.70. The number of likely N-dealkylation sites (N-methyl/N-ethyl adjacent to an activating group) is 1.